The molecule has 0 amide bonds. The van der Waals surface area contributed by atoms with E-state index in [4.69, 9.17) is 10.5 Å². The van der Waals surface area contributed by atoms with Crippen molar-refractivity contribution in [2.75, 3.05) is 6.61 Å². The van der Waals surface area contributed by atoms with Gasteiger partial charge in [0.25, 0.3) is 0 Å². The fraction of sp³-hybridized carbons (Fsp3) is 1.00. The topological polar surface area (TPSA) is 35.2 Å². The number of nitrogens with two attached hydrogens (primary N) is 1. The highest BCUT2D eigenvalue weighted by atomic mass is 16.5. The van der Waals surface area contributed by atoms with Crippen LogP contribution in [0.4, 0.5) is 0 Å². The maximum atomic E-state index is 5.96. The molecule has 0 bridgehead atoms. The number of hydrogen-bond acceptors (Lipinski definition) is 2. The predicted molar refractivity (Wildman–Crippen MR) is 57.8 cm³/mol. The summed E-state index contributed by atoms with van der Waals surface area (Å²) in [5.41, 5.74) is 5.96. The molecule has 2 heteroatoms. The molecule has 0 saturated carbocycles. The summed E-state index contributed by atoms with van der Waals surface area (Å²) in [5.74, 6) is 0.787. The molecule has 2 unspecified atom stereocenters. The summed E-state index contributed by atoms with van der Waals surface area (Å²) in [6, 6.07) is 0.207. The predicted octanol–water partition coefficient (Wildman–Crippen LogP) is 2.57. The van der Waals surface area contributed by atoms with E-state index < -0.39 is 0 Å². The Kier molecular flexibility index (Phi) is 7.29. The normalized spacial score (nSPS) is 16.2. The summed E-state index contributed by atoms with van der Waals surface area (Å²) in [6.45, 7) is 9.33. The van der Waals surface area contributed by atoms with Gasteiger partial charge < -0.3 is 10.5 Å². The van der Waals surface area contributed by atoms with E-state index in [2.05, 4.69) is 20.8 Å². The molecule has 0 saturated heterocycles. The highest BCUT2D eigenvalue weighted by Gasteiger charge is 2.11. The van der Waals surface area contributed by atoms with Gasteiger partial charge in [0.2, 0.25) is 0 Å². The first-order valence-electron chi connectivity index (χ1n) is 5.45. The van der Waals surface area contributed by atoms with Crippen molar-refractivity contribution in [2.45, 2.75) is 59.1 Å². The third-order valence-corrected chi connectivity index (χ3v) is 2.35. The van der Waals surface area contributed by atoms with Gasteiger partial charge in [0.15, 0.2) is 0 Å². The van der Waals surface area contributed by atoms with E-state index in [-0.39, 0.29) is 12.1 Å². The lowest BCUT2D eigenvalue weighted by molar-refractivity contribution is 0.0548. The zero-order chi connectivity index (χ0) is 10.3. The number of rotatable bonds is 7. The molecule has 0 aromatic heterocycles. The zero-order valence-corrected chi connectivity index (χ0v) is 9.55. The molecule has 80 valence electrons. The first-order chi connectivity index (χ1) is 6.07. The van der Waals surface area contributed by atoms with E-state index in [1.807, 2.05) is 6.92 Å². The Morgan fingerprint density at radius 1 is 1.15 bits per heavy atom. The summed E-state index contributed by atoms with van der Waals surface area (Å²) in [6.07, 6.45) is 3.78. The van der Waals surface area contributed by atoms with Crippen molar-refractivity contribution in [3.63, 3.8) is 0 Å². The fourth-order valence-corrected chi connectivity index (χ4v) is 1.38. The average Bonchev–Trinajstić information content (AvgIpc) is 2.04. The van der Waals surface area contributed by atoms with Gasteiger partial charge in [-0.1, -0.05) is 26.7 Å². The minimum atomic E-state index is 0.206. The second-order valence-corrected chi connectivity index (χ2v) is 4.15. The van der Waals surface area contributed by atoms with Crippen LogP contribution >= 0.6 is 0 Å². The Labute approximate surface area is 82.8 Å². The highest BCUT2D eigenvalue weighted by Crippen LogP contribution is 2.10. The van der Waals surface area contributed by atoms with Crippen molar-refractivity contribution in [2.24, 2.45) is 11.7 Å². The summed E-state index contributed by atoms with van der Waals surface area (Å²) < 4.78 is 5.44. The Bertz CT molecular complexity index is 115. The van der Waals surface area contributed by atoms with Gasteiger partial charge >= 0.3 is 0 Å². The van der Waals surface area contributed by atoms with Crippen LogP contribution in [0.2, 0.25) is 0 Å². The largest absolute Gasteiger partial charge is 0.377 e. The van der Waals surface area contributed by atoms with Gasteiger partial charge in [0.05, 0.1) is 6.10 Å². The summed E-state index contributed by atoms with van der Waals surface area (Å²) in [4.78, 5) is 0. The van der Waals surface area contributed by atoms with Crippen molar-refractivity contribution in [3.05, 3.63) is 0 Å². The minimum absolute atomic E-state index is 0.206. The lowest BCUT2D eigenvalue weighted by Crippen LogP contribution is -2.34. The first kappa shape index (κ1) is 12.9. The molecule has 0 aromatic carbocycles. The average molecular weight is 187 g/mol. The summed E-state index contributed by atoms with van der Waals surface area (Å²) >= 11 is 0. The van der Waals surface area contributed by atoms with Crippen LogP contribution in [-0.2, 0) is 4.74 Å². The Morgan fingerprint density at radius 3 is 2.23 bits per heavy atom. The van der Waals surface area contributed by atoms with Gasteiger partial charge in [-0.3, -0.25) is 0 Å². The molecule has 2 nitrogen and oxygen atoms in total. The standard InChI is InChI=1S/C11H25NO/c1-5-13-10(4)11(12)8-6-7-9(2)3/h9-11H,5-8,12H2,1-4H3. The molecule has 13 heavy (non-hydrogen) atoms. The maximum Gasteiger partial charge on any atom is 0.0697 e. The SMILES string of the molecule is CCOC(C)C(N)CCCC(C)C. The van der Waals surface area contributed by atoms with E-state index in [0.717, 1.165) is 18.9 Å². The van der Waals surface area contributed by atoms with E-state index >= 15 is 0 Å². The third kappa shape index (κ3) is 7.03. The van der Waals surface area contributed by atoms with Gasteiger partial charge in [-0.25, -0.2) is 0 Å². The Balaban J connectivity index is 3.43. The Morgan fingerprint density at radius 2 is 1.77 bits per heavy atom. The highest BCUT2D eigenvalue weighted by molar-refractivity contribution is 4.69. The van der Waals surface area contributed by atoms with E-state index in [9.17, 15) is 0 Å². The minimum Gasteiger partial charge on any atom is -0.377 e. The third-order valence-electron chi connectivity index (χ3n) is 2.35. The monoisotopic (exact) mass is 187 g/mol. The van der Waals surface area contributed by atoms with Crippen molar-refractivity contribution in [1.82, 2.24) is 0 Å². The fourth-order valence-electron chi connectivity index (χ4n) is 1.38. The van der Waals surface area contributed by atoms with Crippen LogP contribution in [0.3, 0.4) is 0 Å². The smallest absolute Gasteiger partial charge is 0.0697 e. The molecule has 0 aliphatic rings. The number of hydrogen-bond donors (Lipinski definition) is 1. The zero-order valence-electron chi connectivity index (χ0n) is 9.55. The number of ether oxygens (including phenoxy) is 1. The van der Waals surface area contributed by atoms with Gasteiger partial charge in [-0.05, 0) is 26.2 Å². The molecule has 0 aromatic rings. The van der Waals surface area contributed by atoms with Crippen molar-refractivity contribution < 1.29 is 4.74 Å². The van der Waals surface area contributed by atoms with Gasteiger partial charge in [-0.15, -0.1) is 0 Å². The maximum absolute atomic E-state index is 5.96. The second-order valence-electron chi connectivity index (χ2n) is 4.15. The molecule has 0 spiro atoms. The quantitative estimate of drug-likeness (QED) is 0.665. The lowest BCUT2D eigenvalue weighted by Gasteiger charge is -2.19. The molecular formula is C11H25NO. The van der Waals surface area contributed by atoms with E-state index in [1.54, 1.807) is 0 Å². The van der Waals surface area contributed by atoms with Gasteiger partial charge in [-0.2, -0.15) is 0 Å². The van der Waals surface area contributed by atoms with E-state index in [1.165, 1.54) is 12.8 Å². The van der Waals surface area contributed by atoms with Crippen LogP contribution in [0.15, 0.2) is 0 Å². The van der Waals surface area contributed by atoms with E-state index in [0.29, 0.717) is 0 Å². The van der Waals surface area contributed by atoms with Crippen LogP contribution in [0.5, 0.6) is 0 Å². The van der Waals surface area contributed by atoms with Crippen LogP contribution in [0.1, 0.15) is 47.0 Å². The van der Waals surface area contributed by atoms with Gasteiger partial charge in [0.1, 0.15) is 0 Å². The Hall–Kier alpha value is -0.0800. The van der Waals surface area contributed by atoms with Crippen LogP contribution in [-0.4, -0.2) is 18.8 Å². The molecule has 0 aliphatic heterocycles. The molecule has 2 atom stereocenters. The van der Waals surface area contributed by atoms with Crippen molar-refractivity contribution in [1.29, 1.82) is 0 Å². The molecular weight excluding hydrogens is 162 g/mol. The van der Waals surface area contributed by atoms with Crippen LogP contribution in [0, 0.1) is 5.92 Å². The van der Waals surface area contributed by atoms with Crippen LogP contribution in [0.25, 0.3) is 0 Å². The molecule has 0 radical (unpaired) electrons. The van der Waals surface area contributed by atoms with Gasteiger partial charge in [0, 0.05) is 12.6 Å². The molecule has 0 rings (SSSR count). The lowest BCUT2D eigenvalue weighted by atomic mass is 10.0. The second kappa shape index (κ2) is 7.34. The molecule has 0 aliphatic carbocycles. The molecule has 2 N–H and O–H groups in total. The first-order valence-corrected chi connectivity index (χ1v) is 5.45. The summed E-state index contributed by atoms with van der Waals surface area (Å²) in [5, 5.41) is 0. The molecule has 0 fully saturated rings. The van der Waals surface area contributed by atoms with Crippen molar-refractivity contribution >= 4 is 0 Å². The van der Waals surface area contributed by atoms with Crippen LogP contribution < -0.4 is 5.73 Å². The van der Waals surface area contributed by atoms with Crippen molar-refractivity contribution in [3.8, 4) is 0 Å². The molecule has 0 heterocycles. The summed E-state index contributed by atoms with van der Waals surface area (Å²) in [7, 11) is 0.